The highest BCUT2D eigenvalue weighted by Crippen LogP contribution is 2.27. The minimum Gasteiger partial charge on any atom is -0.370 e. The van der Waals surface area contributed by atoms with Crippen LogP contribution in [-0.2, 0) is 14.3 Å². The van der Waals surface area contributed by atoms with Crippen LogP contribution in [0.25, 0.3) is 0 Å². The fraction of sp³-hybridized carbons (Fsp3) is 0.619. The zero-order chi connectivity index (χ0) is 19.6. The molecule has 6 nitrogen and oxygen atoms in total. The molecule has 0 aromatic heterocycles. The van der Waals surface area contributed by atoms with Gasteiger partial charge in [0.15, 0.2) is 0 Å². The number of nitrogens with zero attached hydrogens (tertiary/aromatic N) is 2. The predicted octanol–water partition coefficient (Wildman–Crippen LogP) is 1.95. The Balaban J connectivity index is 1.69. The second-order valence-electron chi connectivity index (χ2n) is 8.59. The highest BCUT2D eigenvalue weighted by Gasteiger charge is 2.41. The van der Waals surface area contributed by atoms with Crippen molar-refractivity contribution in [2.24, 2.45) is 11.1 Å². The summed E-state index contributed by atoms with van der Waals surface area (Å²) in [6, 6.07) is 8.96. The first-order chi connectivity index (χ1) is 12.8. The predicted molar refractivity (Wildman–Crippen MR) is 104 cm³/mol. The van der Waals surface area contributed by atoms with Gasteiger partial charge in [-0.3, -0.25) is 9.59 Å². The second kappa shape index (κ2) is 7.98. The van der Waals surface area contributed by atoms with Gasteiger partial charge in [-0.05, 0) is 23.8 Å². The molecule has 1 aromatic carbocycles. The summed E-state index contributed by atoms with van der Waals surface area (Å²) < 4.78 is 5.87. The largest absolute Gasteiger partial charge is 0.370 e. The summed E-state index contributed by atoms with van der Waals surface area (Å²) in [7, 11) is 0. The minimum absolute atomic E-state index is 0.0196. The van der Waals surface area contributed by atoms with Crippen LogP contribution in [0.2, 0.25) is 0 Å². The molecule has 2 saturated heterocycles. The Bertz CT molecular complexity index is 671. The molecule has 0 unspecified atom stereocenters. The molecule has 0 saturated carbocycles. The van der Waals surface area contributed by atoms with E-state index >= 15 is 0 Å². The third-order valence-electron chi connectivity index (χ3n) is 5.57. The first-order valence-electron chi connectivity index (χ1n) is 9.80. The third-order valence-corrected chi connectivity index (χ3v) is 5.57. The van der Waals surface area contributed by atoms with E-state index in [4.69, 9.17) is 10.5 Å². The van der Waals surface area contributed by atoms with E-state index in [1.165, 1.54) is 0 Å². The van der Waals surface area contributed by atoms with Crippen LogP contribution in [0.4, 0.5) is 0 Å². The van der Waals surface area contributed by atoms with Crippen molar-refractivity contribution < 1.29 is 14.3 Å². The van der Waals surface area contributed by atoms with Gasteiger partial charge in [-0.2, -0.15) is 0 Å². The maximum atomic E-state index is 13.2. The van der Waals surface area contributed by atoms with E-state index in [0.717, 1.165) is 12.0 Å². The molecule has 1 aromatic rings. The highest BCUT2D eigenvalue weighted by atomic mass is 16.5. The van der Waals surface area contributed by atoms with E-state index in [9.17, 15) is 9.59 Å². The fourth-order valence-corrected chi connectivity index (χ4v) is 3.77. The number of rotatable bonds is 3. The number of likely N-dealkylation sites (tertiary alicyclic amines) is 1. The van der Waals surface area contributed by atoms with Crippen LogP contribution in [0, 0.1) is 5.41 Å². The standard InChI is InChI=1S/C21H31N3O3/c1-21(2,3)18(22)20(26)24-11-7-10-16(24)19(25)23-12-13-27-17(14-23)15-8-5-4-6-9-15/h4-6,8-9,16-18H,7,10-14,22H2,1-3H3/t16-,17-,18+/m0/s1. The van der Waals surface area contributed by atoms with Crippen molar-refractivity contribution in [3.05, 3.63) is 35.9 Å². The number of benzene rings is 1. The quantitative estimate of drug-likeness (QED) is 0.879. The normalized spacial score (nSPS) is 24.7. The number of hydrogen-bond acceptors (Lipinski definition) is 4. The molecule has 0 spiro atoms. The Labute approximate surface area is 161 Å². The summed E-state index contributed by atoms with van der Waals surface area (Å²) in [5, 5.41) is 0. The van der Waals surface area contributed by atoms with Crippen molar-refractivity contribution in [1.29, 1.82) is 0 Å². The molecule has 6 heteroatoms. The van der Waals surface area contributed by atoms with Gasteiger partial charge in [-0.1, -0.05) is 51.1 Å². The van der Waals surface area contributed by atoms with E-state index in [2.05, 4.69) is 0 Å². The molecule has 0 bridgehead atoms. The minimum atomic E-state index is -0.604. The summed E-state index contributed by atoms with van der Waals surface area (Å²) in [5.74, 6) is -0.0996. The molecular weight excluding hydrogens is 342 g/mol. The first kappa shape index (κ1) is 19.8. The molecule has 0 radical (unpaired) electrons. The van der Waals surface area contributed by atoms with Gasteiger partial charge in [0.1, 0.15) is 12.1 Å². The van der Waals surface area contributed by atoms with Crippen LogP contribution >= 0.6 is 0 Å². The van der Waals surface area contributed by atoms with Crippen molar-refractivity contribution in [1.82, 2.24) is 9.80 Å². The third kappa shape index (κ3) is 4.33. The average molecular weight is 373 g/mol. The molecule has 2 fully saturated rings. The van der Waals surface area contributed by atoms with Crippen molar-refractivity contribution in [3.8, 4) is 0 Å². The number of amides is 2. The van der Waals surface area contributed by atoms with E-state index in [1.807, 2.05) is 56.0 Å². The maximum Gasteiger partial charge on any atom is 0.245 e. The van der Waals surface area contributed by atoms with Crippen molar-refractivity contribution in [2.75, 3.05) is 26.2 Å². The van der Waals surface area contributed by atoms with Gasteiger partial charge in [0, 0.05) is 13.1 Å². The van der Waals surface area contributed by atoms with Crippen molar-refractivity contribution in [2.45, 2.75) is 51.8 Å². The number of morpholine rings is 1. The number of ether oxygens (including phenoxy) is 1. The Morgan fingerprint density at radius 3 is 2.56 bits per heavy atom. The van der Waals surface area contributed by atoms with E-state index in [-0.39, 0.29) is 23.3 Å². The van der Waals surface area contributed by atoms with Crippen molar-refractivity contribution in [3.63, 3.8) is 0 Å². The number of carbonyl (C=O) groups excluding carboxylic acids is 2. The van der Waals surface area contributed by atoms with Gasteiger partial charge in [0.05, 0.1) is 19.2 Å². The lowest BCUT2D eigenvalue weighted by molar-refractivity contribution is -0.150. The Morgan fingerprint density at radius 1 is 1.19 bits per heavy atom. The van der Waals surface area contributed by atoms with Gasteiger partial charge < -0.3 is 20.3 Å². The molecule has 0 aliphatic carbocycles. The van der Waals surface area contributed by atoms with Crippen LogP contribution in [0.3, 0.4) is 0 Å². The zero-order valence-electron chi connectivity index (χ0n) is 16.6. The summed E-state index contributed by atoms with van der Waals surface area (Å²) >= 11 is 0. The summed E-state index contributed by atoms with van der Waals surface area (Å²) in [4.78, 5) is 29.6. The van der Waals surface area contributed by atoms with Gasteiger partial charge in [-0.25, -0.2) is 0 Å². The molecule has 2 heterocycles. The van der Waals surface area contributed by atoms with Gasteiger partial charge >= 0.3 is 0 Å². The molecule has 3 atom stereocenters. The van der Waals surface area contributed by atoms with E-state index in [1.54, 1.807) is 4.90 Å². The fourth-order valence-electron chi connectivity index (χ4n) is 3.77. The highest BCUT2D eigenvalue weighted by molar-refractivity contribution is 5.90. The van der Waals surface area contributed by atoms with E-state index in [0.29, 0.717) is 32.7 Å². The molecule has 2 aliphatic heterocycles. The molecular formula is C21H31N3O3. The Kier molecular flexibility index (Phi) is 5.86. The number of hydrogen-bond donors (Lipinski definition) is 1. The lowest BCUT2D eigenvalue weighted by Gasteiger charge is -2.37. The molecule has 3 rings (SSSR count). The Hall–Kier alpha value is -1.92. The van der Waals surface area contributed by atoms with Crippen LogP contribution in [0.5, 0.6) is 0 Å². The molecule has 27 heavy (non-hydrogen) atoms. The van der Waals surface area contributed by atoms with Gasteiger partial charge in [-0.15, -0.1) is 0 Å². The topological polar surface area (TPSA) is 75.9 Å². The zero-order valence-corrected chi connectivity index (χ0v) is 16.6. The molecule has 2 aliphatic rings. The monoisotopic (exact) mass is 373 g/mol. The van der Waals surface area contributed by atoms with Crippen LogP contribution in [0.15, 0.2) is 30.3 Å². The average Bonchev–Trinajstić information content (AvgIpc) is 3.16. The maximum absolute atomic E-state index is 13.2. The summed E-state index contributed by atoms with van der Waals surface area (Å²) in [6.45, 7) is 8.05. The SMILES string of the molecule is CC(C)(C)[C@H](N)C(=O)N1CCC[C@H]1C(=O)N1CCO[C@H](c2ccccc2)C1. The summed E-state index contributed by atoms with van der Waals surface area (Å²) in [5.41, 5.74) is 6.92. The lowest BCUT2D eigenvalue weighted by Crippen LogP contribution is -2.56. The number of nitrogens with two attached hydrogens (primary N) is 1. The molecule has 148 valence electrons. The first-order valence-corrected chi connectivity index (χ1v) is 9.80. The van der Waals surface area contributed by atoms with Crippen LogP contribution in [-0.4, -0.2) is 59.9 Å². The molecule has 2 amide bonds. The van der Waals surface area contributed by atoms with Gasteiger partial charge in [0.2, 0.25) is 11.8 Å². The van der Waals surface area contributed by atoms with E-state index < -0.39 is 12.1 Å². The number of carbonyl (C=O) groups is 2. The lowest BCUT2D eigenvalue weighted by atomic mass is 9.86. The van der Waals surface area contributed by atoms with Crippen LogP contribution in [0.1, 0.15) is 45.3 Å². The van der Waals surface area contributed by atoms with Gasteiger partial charge in [0.25, 0.3) is 0 Å². The Morgan fingerprint density at radius 2 is 1.89 bits per heavy atom. The smallest absolute Gasteiger partial charge is 0.245 e. The van der Waals surface area contributed by atoms with Crippen molar-refractivity contribution >= 4 is 11.8 Å². The van der Waals surface area contributed by atoms with Crippen LogP contribution < -0.4 is 5.73 Å². The second-order valence-corrected chi connectivity index (χ2v) is 8.59. The molecule has 2 N–H and O–H groups in total. The summed E-state index contributed by atoms with van der Waals surface area (Å²) in [6.07, 6.45) is 1.42.